The van der Waals surface area contributed by atoms with Crippen LogP contribution in [0.4, 0.5) is 11.4 Å². The largest absolute Gasteiger partial charge is 0.478 e. The van der Waals surface area contributed by atoms with E-state index in [1.165, 1.54) is 12.1 Å². The van der Waals surface area contributed by atoms with Crippen LogP contribution in [-0.2, 0) is 4.74 Å². The Hall–Kier alpha value is -2.15. The fraction of sp³-hybridized carbons (Fsp3) is 0.462. The van der Waals surface area contributed by atoms with Gasteiger partial charge in [-0.15, -0.1) is 0 Å². The predicted octanol–water partition coefficient (Wildman–Crippen LogP) is 2.13. The molecular formula is C13H16N2O5. The summed E-state index contributed by atoms with van der Waals surface area (Å²) >= 11 is 0. The van der Waals surface area contributed by atoms with E-state index in [1.54, 1.807) is 0 Å². The van der Waals surface area contributed by atoms with E-state index in [2.05, 4.69) is 5.32 Å². The van der Waals surface area contributed by atoms with Crippen LogP contribution in [0.5, 0.6) is 0 Å². The van der Waals surface area contributed by atoms with E-state index in [-0.39, 0.29) is 17.4 Å². The monoisotopic (exact) mass is 280 g/mol. The zero-order valence-electron chi connectivity index (χ0n) is 11.0. The van der Waals surface area contributed by atoms with Crippen LogP contribution in [0.2, 0.25) is 0 Å². The van der Waals surface area contributed by atoms with Crippen LogP contribution in [0.15, 0.2) is 18.2 Å². The summed E-state index contributed by atoms with van der Waals surface area (Å²) in [5.41, 5.74) is 0.0680. The zero-order chi connectivity index (χ0) is 14.7. The van der Waals surface area contributed by atoms with Crippen molar-refractivity contribution >= 4 is 17.3 Å². The Kier molecular flexibility index (Phi) is 4.19. The topological polar surface area (TPSA) is 102 Å². The van der Waals surface area contributed by atoms with Crippen LogP contribution in [0.25, 0.3) is 0 Å². The maximum atomic E-state index is 11.2. The first-order valence-corrected chi connectivity index (χ1v) is 6.36. The van der Waals surface area contributed by atoms with Crippen LogP contribution in [-0.4, -0.2) is 35.3 Å². The van der Waals surface area contributed by atoms with Gasteiger partial charge >= 0.3 is 5.97 Å². The molecule has 0 aliphatic carbocycles. The number of ether oxygens (including phenoxy) is 1. The number of nitro groups is 1. The number of non-ortho nitro benzene ring substituents is 1. The average Bonchev–Trinajstić information content (AvgIpc) is 2.81. The molecule has 0 aromatic heterocycles. The number of nitrogens with zero attached hydrogens (tertiary/aromatic N) is 1. The molecule has 1 aliphatic rings. The number of rotatable bonds is 5. The minimum Gasteiger partial charge on any atom is -0.478 e. The molecule has 2 atom stereocenters. The summed E-state index contributed by atoms with van der Waals surface area (Å²) in [5.74, 6) is -0.876. The van der Waals surface area contributed by atoms with Gasteiger partial charge in [-0.05, 0) is 19.4 Å². The molecule has 108 valence electrons. The van der Waals surface area contributed by atoms with Crippen molar-refractivity contribution in [3.05, 3.63) is 33.9 Å². The molecule has 0 amide bonds. The van der Waals surface area contributed by atoms with Crippen molar-refractivity contribution in [3.8, 4) is 0 Å². The van der Waals surface area contributed by atoms with Crippen molar-refractivity contribution < 1.29 is 19.6 Å². The molecule has 1 aromatic carbocycles. The van der Waals surface area contributed by atoms with E-state index >= 15 is 0 Å². The summed E-state index contributed by atoms with van der Waals surface area (Å²) in [5, 5.41) is 22.9. The molecule has 2 unspecified atom stereocenters. The van der Waals surface area contributed by atoms with Gasteiger partial charge in [0.15, 0.2) is 0 Å². The normalized spacial score (nSPS) is 21.6. The number of nitrogens with one attached hydrogen (secondary N) is 1. The quantitative estimate of drug-likeness (QED) is 0.632. The third-order valence-corrected chi connectivity index (χ3v) is 3.53. The second-order valence-electron chi connectivity index (χ2n) is 4.80. The second kappa shape index (κ2) is 5.87. The highest BCUT2D eigenvalue weighted by molar-refractivity contribution is 5.95. The van der Waals surface area contributed by atoms with E-state index < -0.39 is 10.9 Å². The molecule has 1 aromatic rings. The number of carbonyl (C=O) groups is 1. The van der Waals surface area contributed by atoms with Gasteiger partial charge in [-0.3, -0.25) is 10.1 Å². The van der Waals surface area contributed by atoms with E-state index in [9.17, 15) is 14.9 Å². The van der Waals surface area contributed by atoms with E-state index in [0.717, 1.165) is 12.5 Å². The van der Waals surface area contributed by atoms with Crippen molar-refractivity contribution in [2.45, 2.75) is 19.4 Å². The summed E-state index contributed by atoms with van der Waals surface area (Å²) in [6.45, 7) is 3.27. The Morgan fingerprint density at radius 3 is 2.90 bits per heavy atom. The van der Waals surface area contributed by atoms with E-state index in [4.69, 9.17) is 9.84 Å². The van der Waals surface area contributed by atoms with Crippen LogP contribution in [0.1, 0.15) is 23.7 Å². The number of carboxylic acids is 1. The maximum Gasteiger partial charge on any atom is 0.338 e. The molecule has 0 spiro atoms. The summed E-state index contributed by atoms with van der Waals surface area (Å²) < 4.78 is 5.44. The molecule has 7 heteroatoms. The first-order valence-electron chi connectivity index (χ1n) is 6.36. The van der Waals surface area contributed by atoms with Crippen molar-refractivity contribution in [1.82, 2.24) is 0 Å². The van der Waals surface area contributed by atoms with Gasteiger partial charge < -0.3 is 15.2 Å². The first kappa shape index (κ1) is 14.3. The molecular weight excluding hydrogens is 264 g/mol. The molecule has 2 rings (SSSR count). The Labute approximate surface area is 115 Å². The van der Waals surface area contributed by atoms with Crippen LogP contribution < -0.4 is 5.32 Å². The van der Waals surface area contributed by atoms with Gasteiger partial charge in [0.05, 0.1) is 16.6 Å². The third kappa shape index (κ3) is 3.05. The Morgan fingerprint density at radius 2 is 2.35 bits per heavy atom. The molecule has 0 radical (unpaired) electrons. The molecule has 7 nitrogen and oxygen atoms in total. The average molecular weight is 280 g/mol. The van der Waals surface area contributed by atoms with Crippen LogP contribution >= 0.6 is 0 Å². The molecule has 1 fully saturated rings. The highest BCUT2D eigenvalue weighted by Gasteiger charge is 2.24. The van der Waals surface area contributed by atoms with Gasteiger partial charge in [0, 0.05) is 36.9 Å². The number of carboxylic acid groups (broad SMARTS) is 1. The molecule has 2 N–H and O–H groups in total. The van der Waals surface area contributed by atoms with Gasteiger partial charge in [0.25, 0.3) is 5.69 Å². The van der Waals surface area contributed by atoms with Crippen molar-refractivity contribution in [1.29, 1.82) is 0 Å². The number of anilines is 1. The highest BCUT2D eigenvalue weighted by atomic mass is 16.6. The maximum absolute atomic E-state index is 11.2. The number of hydrogen-bond donors (Lipinski definition) is 2. The molecule has 1 aliphatic heterocycles. The minimum absolute atomic E-state index is 0.0919. The van der Waals surface area contributed by atoms with Gasteiger partial charge in [-0.25, -0.2) is 4.79 Å². The molecule has 0 bridgehead atoms. The van der Waals surface area contributed by atoms with Gasteiger partial charge in [0.2, 0.25) is 0 Å². The van der Waals surface area contributed by atoms with E-state index in [0.29, 0.717) is 24.8 Å². The highest BCUT2D eigenvalue weighted by Crippen LogP contribution is 2.25. The Balaban J connectivity index is 2.14. The summed E-state index contributed by atoms with van der Waals surface area (Å²) in [4.78, 5) is 21.2. The first-order chi connectivity index (χ1) is 9.49. The van der Waals surface area contributed by atoms with Crippen LogP contribution in [0.3, 0.4) is 0 Å². The van der Waals surface area contributed by atoms with Crippen LogP contribution in [0, 0.1) is 16.0 Å². The summed E-state index contributed by atoms with van der Waals surface area (Å²) in [7, 11) is 0. The Morgan fingerprint density at radius 1 is 1.60 bits per heavy atom. The fourth-order valence-corrected chi connectivity index (χ4v) is 2.26. The minimum atomic E-state index is -1.19. The lowest BCUT2D eigenvalue weighted by molar-refractivity contribution is -0.384. The molecule has 1 saturated heterocycles. The standard InChI is InChI=1S/C13H16N2O5/c1-8-9(4-5-20-8)7-14-12-3-2-10(15(18)19)6-11(12)13(16)17/h2-3,6,8-9,14H,4-5,7H2,1H3,(H,16,17). The van der Waals surface area contributed by atoms with Crippen molar-refractivity contribution in [2.75, 3.05) is 18.5 Å². The number of aromatic carboxylic acids is 1. The van der Waals surface area contributed by atoms with E-state index in [1.807, 2.05) is 6.92 Å². The number of nitro benzene ring substituents is 1. The summed E-state index contributed by atoms with van der Waals surface area (Å²) in [6, 6.07) is 3.80. The number of benzene rings is 1. The smallest absolute Gasteiger partial charge is 0.338 e. The lowest BCUT2D eigenvalue weighted by Gasteiger charge is -2.16. The van der Waals surface area contributed by atoms with Gasteiger partial charge in [-0.2, -0.15) is 0 Å². The molecule has 20 heavy (non-hydrogen) atoms. The number of hydrogen-bond acceptors (Lipinski definition) is 5. The van der Waals surface area contributed by atoms with Gasteiger partial charge in [-0.1, -0.05) is 0 Å². The van der Waals surface area contributed by atoms with Gasteiger partial charge in [0.1, 0.15) is 0 Å². The second-order valence-corrected chi connectivity index (χ2v) is 4.80. The predicted molar refractivity (Wildman–Crippen MR) is 72.1 cm³/mol. The van der Waals surface area contributed by atoms with Crippen molar-refractivity contribution in [2.24, 2.45) is 5.92 Å². The van der Waals surface area contributed by atoms with Crippen molar-refractivity contribution in [3.63, 3.8) is 0 Å². The fourth-order valence-electron chi connectivity index (χ4n) is 2.26. The third-order valence-electron chi connectivity index (χ3n) is 3.53. The summed E-state index contributed by atoms with van der Waals surface area (Å²) in [6.07, 6.45) is 1.05. The molecule has 1 heterocycles. The SMILES string of the molecule is CC1OCCC1CNc1ccc([N+](=O)[O-])cc1C(=O)O. The lowest BCUT2D eigenvalue weighted by atomic mass is 10.0. The zero-order valence-corrected chi connectivity index (χ0v) is 11.0. The molecule has 0 saturated carbocycles. The lowest BCUT2D eigenvalue weighted by Crippen LogP contribution is -2.21. The Bertz CT molecular complexity index is 531.